The molecule has 0 aliphatic rings. The number of fused-ring (bicyclic) bond motifs is 1. The number of aromatic nitrogens is 1. The lowest BCUT2D eigenvalue weighted by Gasteiger charge is -2.11. The topological polar surface area (TPSA) is 43.4 Å². The highest BCUT2D eigenvalue weighted by molar-refractivity contribution is 5.89. The lowest BCUT2D eigenvalue weighted by molar-refractivity contribution is 0.0996. The summed E-state index contributed by atoms with van der Waals surface area (Å²) in [5, 5.41) is 5.39. The van der Waals surface area contributed by atoms with E-state index in [-0.39, 0.29) is 0 Å². The molecule has 4 nitrogen and oxygen atoms in total. The van der Waals surface area contributed by atoms with Crippen molar-refractivity contribution in [3.8, 4) is 5.88 Å². The number of hydrogen-bond acceptors (Lipinski definition) is 4. The highest BCUT2D eigenvalue weighted by Gasteiger charge is 2.07. The molecule has 1 aromatic carbocycles. The van der Waals surface area contributed by atoms with E-state index in [2.05, 4.69) is 23.3 Å². The summed E-state index contributed by atoms with van der Waals surface area (Å²) in [6.07, 6.45) is 2.90. The smallest absolute Gasteiger partial charge is 0.221 e. The molecule has 0 atom stereocenters. The summed E-state index contributed by atoms with van der Waals surface area (Å²) in [4.78, 5) is 4.43. The van der Waals surface area contributed by atoms with E-state index in [0.717, 1.165) is 25.0 Å². The van der Waals surface area contributed by atoms with Gasteiger partial charge in [0, 0.05) is 24.7 Å². The van der Waals surface area contributed by atoms with Gasteiger partial charge in [0.1, 0.15) is 6.61 Å². The minimum atomic E-state index is 0.530. The second kappa shape index (κ2) is 7.82. The molecule has 0 amide bonds. The quantitative estimate of drug-likeness (QED) is 0.752. The van der Waals surface area contributed by atoms with Gasteiger partial charge in [-0.1, -0.05) is 25.1 Å². The molecule has 0 aliphatic heterocycles. The monoisotopic (exact) mass is 274 g/mol. The average molecular weight is 274 g/mol. The number of ether oxygens (including phenoxy) is 2. The zero-order valence-corrected chi connectivity index (χ0v) is 12.2. The first-order valence-corrected chi connectivity index (χ1v) is 7.08. The molecule has 0 unspecified atom stereocenters. The van der Waals surface area contributed by atoms with Crippen LogP contribution in [-0.4, -0.2) is 31.9 Å². The Morgan fingerprint density at radius 3 is 2.65 bits per heavy atom. The molecule has 1 N–H and O–H groups in total. The zero-order valence-electron chi connectivity index (χ0n) is 12.2. The van der Waals surface area contributed by atoms with Gasteiger partial charge in [0.15, 0.2) is 0 Å². The molecule has 1 aromatic heterocycles. The summed E-state index contributed by atoms with van der Waals surface area (Å²) in [6, 6.07) is 8.19. The van der Waals surface area contributed by atoms with E-state index in [1.54, 1.807) is 0 Å². The van der Waals surface area contributed by atoms with Crippen LogP contribution in [0.1, 0.15) is 18.9 Å². The molecule has 20 heavy (non-hydrogen) atoms. The largest absolute Gasteiger partial charge is 0.475 e. The summed E-state index contributed by atoms with van der Waals surface area (Å²) in [6.45, 7) is 4.80. The van der Waals surface area contributed by atoms with Crippen molar-refractivity contribution in [2.75, 3.05) is 26.9 Å². The summed E-state index contributed by atoms with van der Waals surface area (Å²) < 4.78 is 11.2. The van der Waals surface area contributed by atoms with Gasteiger partial charge in [-0.15, -0.1) is 0 Å². The lowest BCUT2D eigenvalue weighted by atomic mass is 10.1. The molecule has 0 saturated heterocycles. The summed E-state index contributed by atoms with van der Waals surface area (Å²) in [5.41, 5.74) is 1.18. The third kappa shape index (κ3) is 3.68. The van der Waals surface area contributed by atoms with Crippen LogP contribution < -0.4 is 10.1 Å². The van der Waals surface area contributed by atoms with Crippen molar-refractivity contribution in [1.29, 1.82) is 0 Å². The third-order valence-corrected chi connectivity index (χ3v) is 3.02. The van der Waals surface area contributed by atoms with Gasteiger partial charge in [0.05, 0.1) is 6.61 Å². The van der Waals surface area contributed by atoms with Crippen LogP contribution in [-0.2, 0) is 11.3 Å². The average Bonchev–Trinajstić information content (AvgIpc) is 2.49. The van der Waals surface area contributed by atoms with Gasteiger partial charge in [-0.2, -0.15) is 0 Å². The normalized spacial score (nSPS) is 10.9. The van der Waals surface area contributed by atoms with E-state index < -0.39 is 0 Å². The van der Waals surface area contributed by atoms with E-state index in [1.807, 2.05) is 31.4 Å². The van der Waals surface area contributed by atoms with E-state index in [9.17, 15) is 0 Å². The summed E-state index contributed by atoms with van der Waals surface area (Å²) in [5.74, 6) is 0.681. The Morgan fingerprint density at radius 2 is 1.90 bits per heavy atom. The van der Waals surface area contributed by atoms with Crippen LogP contribution >= 0.6 is 0 Å². The number of nitrogens with zero attached hydrogens (tertiary/aromatic N) is 1. The first-order valence-electron chi connectivity index (χ1n) is 7.08. The summed E-state index contributed by atoms with van der Waals surface area (Å²) >= 11 is 0. The first kappa shape index (κ1) is 14.8. The summed E-state index contributed by atoms with van der Waals surface area (Å²) in [7, 11) is 1.93. The molecule has 4 heteroatoms. The molecule has 2 aromatic rings. The van der Waals surface area contributed by atoms with Crippen molar-refractivity contribution < 1.29 is 9.47 Å². The van der Waals surface area contributed by atoms with Crippen molar-refractivity contribution in [1.82, 2.24) is 10.3 Å². The molecule has 0 saturated carbocycles. The standard InChI is InChI=1S/C16H22N2O2/c1-3-8-19-9-10-20-16-15-7-5-4-6-14(15)13(11-17-2)12-18-16/h4-7,12,17H,3,8-11H2,1-2H3. The number of rotatable bonds is 8. The molecule has 108 valence electrons. The van der Waals surface area contributed by atoms with Crippen molar-refractivity contribution in [3.63, 3.8) is 0 Å². The van der Waals surface area contributed by atoms with Crippen LogP contribution in [0.2, 0.25) is 0 Å². The SMILES string of the molecule is CCCOCCOc1ncc(CNC)c2ccccc12. The van der Waals surface area contributed by atoms with Gasteiger partial charge >= 0.3 is 0 Å². The van der Waals surface area contributed by atoms with Gasteiger partial charge in [0.25, 0.3) is 0 Å². The molecule has 0 fully saturated rings. The van der Waals surface area contributed by atoms with Crippen LogP contribution in [0.5, 0.6) is 5.88 Å². The molecular weight excluding hydrogens is 252 g/mol. The highest BCUT2D eigenvalue weighted by atomic mass is 16.5. The Morgan fingerprint density at radius 1 is 1.10 bits per heavy atom. The fourth-order valence-corrected chi connectivity index (χ4v) is 2.12. The Balaban J connectivity index is 2.11. The van der Waals surface area contributed by atoms with Crippen LogP contribution in [0.25, 0.3) is 10.8 Å². The van der Waals surface area contributed by atoms with E-state index in [0.29, 0.717) is 19.1 Å². The molecule has 1 heterocycles. The predicted octanol–water partition coefficient (Wildman–Crippen LogP) is 2.76. The Hall–Kier alpha value is -1.65. The molecule has 0 radical (unpaired) electrons. The first-order chi connectivity index (χ1) is 9.86. The fraction of sp³-hybridized carbons (Fsp3) is 0.438. The van der Waals surface area contributed by atoms with Gasteiger partial charge in [-0.05, 0) is 30.5 Å². The zero-order chi connectivity index (χ0) is 14.2. The number of hydrogen-bond donors (Lipinski definition) is 1. The Kier molecular flexibility index (Phi) is 5.77. The fourth-order valence-electron chi connectivity index (χ4n) is 2.12. The van der Waals surface area contributed by atoms with E-state index >= 15 is 0 Å². The van der Waals surface area contributed by atoms with Gasteiger partial charge < -0.3 is 14.8 Å². The van der Waals surface area contributed by atoms with Crippen LogP contribution in [0.3, 0.4) is 0 Å². The van der Waals surface area contributed by atoms with Crippen molar-refractivity contribution in [2.24, 2.45) is 0 Å². The number of nitrogens with one attached hydrogen (secondary N) is 1. The molecular formula is C16H22N2O2. The van der Waals surface area contributed by atoms with Gasteiger partial charge in [-0.25, -0.2) is 4.98 Å². The van der Waals surface area contributed by atoms with Crippen molar-refractivity contribution in [2.45, 2.75) is 19.9 Å². The van der Waals surface area contributed by atoms with Gasteiger partial charge in [0.2, 0.25) is 5.88 Å². The van der Waals surface area contributed by atoms with Crippen LogP contribution in [0.15, 0.2) is 30.5 Å². The second-order valence-corrected chi connectivity index (χ2v) is 4.63. The maximum absolute atomic E-state index is 5.74. The van der Waals surface area contributed by atoms with Crippen molar-refractivity contribution >= 4 is 10.8 Å². The van der Waals surface area contributed by atoms with E-state index in [1.165, 1.54) is 10.9 Å². The lowest BCUT2D eigenvalue weighted by Crippen LogP contribution is -2.10. The highest BCUT2D eigenvalue weighted by Crippen LogP contribution is 2.25. The third-order valence-electron chi connectivity index (χ3n) is 3.02. The van der Waals surface area contributed by atoms with E-state index in [4.69, 9.17) is 9.47 Å². The van der Waals surface area contributed by atoms with Crippen LogP contribution in [0.4, 0.5) is 0 Å². The molecule has 0 bridgehead atoms. The molecule has 0 spiro atoms. The van der Waals surface area contributed by atoms with Gasteiger partial charge in [-0.3, -0.25) is 0 Å². The predicted molar refractivity (Wildman–Crippen MR) is 81.1 cm³/mol. The number of benzene rings is 1. The minimum Gasteiger partial charge on any atom is -0.475 e. The Labute approximate surface area is 120 Å². The van der Waals surface area contributed by atoms with Crippen LogP contribution in [0, 0.1) is 0 Å². The van der Waals surface area contributed by atoms with Crippen molar-refractivity contribution in [3.05, 3.63) is 36.0 Å². The minimum absolute atomic E-state index is 0.530. The molecule has 2 rings (SSSR count). The number of pyridine rings is 1. The maximum atomic E-state index is 5.74. The second-order valence-electron chi connectivity index (χ2n) is 4.63. The molecule has 0 aliphatic carbocycles. The Bertz CT molecular complexity index is 543. The maximum Gasteiger partial charge on any atom is 0.221 e.